The van der Waals surface area contributed by atoms with Crippen molar-refractivity contribution in [2.45, 2.75) is 26.9 Å². The van der Waals surface area contributed by atoms with Gasteiger partial charge in [-0.15, -0.1) is 11.3 Å². The SMILES string of the molecule is Cc1ccc(CNCc2cn[nH]c2C)s1. The number of H-pyrrole nitrogens is 1. The maximum absolute atomic E-state index is 3.99. The molecule has 0 spiro atoms. The molecular formula is C11H15N3S. The van der Waals surface area contributed by atoms with Crippen molar-refractivity contribution in [3.63, 3.8) is 0 Å². The molecule has 80 valence electrons. The Morgan fingerprint density at radius 2 is 2.20 bits per heavy atom. The van der Waals surface area contributed by atoms with Crippen LogP contribution in [0.1, 0.15) is 21.0 Å². The second-order valence-electron chi connectivity index (χ2n) is 3.64. The van der Waals surface area contributed by atoms with E-state index < -0.39 is 0 Å². The van der Waals surface area contributed by atoms with Crippen molar-refractivity contribution >= 4 is 11.3 Å². The van der Waals surface area contributed by atoms with Gasteiger partial charge < -0.3 is 5.32 Å². The zero-order valence-electron chi connectivity index (χ0n) is 9.00. The van der Waals surface area contributed by atoms with E-state index in [0.29, 0.717) is 0 Å². The van der Waals surface area contributed by atoms with E-state index >= 15 is 0 Å². The summed E-state index contributed by atoms with van der Waals surface area (Å²) < 4.78 is 0. The minimum absolute atomic E-state index is 0.874. The second-order valence-corrected chi connectivity index (χ2v) is 5.01. The lowest BCUT2D eigenvalue weighted by Gasteiger charge is -2.01. The molecule has 0 saturated heterocycles. The van der Waals surface area contributed by atoms with Crippen LogP contribution in [0.3, 0.4) is 0 Å². The summed E-state index contributed by atoms with van der Waals surface area (Å²) in [5, 5.41) is 10.3. The van der Waals surface area contributed by atoms with Crippen molar-refractivity contribution < 1.29 is 0 Å². The third-order valence-corrected chi connectivity index (χ3v) is 3.35. The minimum atomic E-state index is 0.874. The van der Waals surface area contributed by atoms with Gasteiger partial charge in [0.15, 0.2) is 0 Å². The lowest BCUT2D eigenvalue weighted by Crippen LogP contribution is -2.11. The van der Waals surface area contributed by atoms with Gasteiger partial charge in [0.1, 0.15) is 0 Å². The lowest BCUT2D eigenvalue weighted by atomic mass is 10.2. The number of aromatic amines is 1. The van der Waals surface area contributed by atoms with Crippen LogP contribution in [-0.2, 0) is 13.1 Å². The molecule has 15 heavy (non-hydrogen) atoms. The van der Waals surface area contributed by atoms with Crippen LogP contribution in [0.25, 0.3) is 0 Å². The van der Waals surface area contributed by atoms with E-state index in [1.54, 1.807) is 0 Å². The van der Waals surface area contributed by atoms with Gasteiger partial charge >= 0.3 is 0 Å². The molecule has 4 heteroatoms. The Hall–Kier alpha value is -1.13. The number of rotatable bonds is 4. The molecule has 0 fully saturated rings. The first-order chi connectivity index (χ1) is 7.25. The van der Waals surface area contributed by atoms with Crippen molar-refractivity contribution in [3.05, 3.63) is 39.3 Å². The molecule has 0 aliphatic heterocycles. The van der Waals surface area contributed by atoms with Crippen LogP contribution in [0.2, 0.25) is 0 Å². The van der Waals surface area contributed by atoms with E-state index in [9.17, 15) is 0 Å². The van der Waals surface area contributed by atoms with Gasteiger partial charge in [-0.3, -0.25) is 5.10 Å². The molecule has 0 radical (unpaired) electrons. The van der Waals surface area contributed by atoms with Gasteiger partial charge in [-0.1, -0.05) is 0 Å². The summed E-state index contributed by atoms with van der Waals surface area (Å²) in [7, 11) is 0. The smallest absolute Gasteiger partial charge is 0.0535 e. The number of nitrogens with one attached hydrogen (secondary N) is 2. The fourth-order valence-corrected chi connectivity index (χ4v) is 2.31. The van der Waals surface area contributed by atoms with Gasteiger partial charge in [-0.05, 0) is 26.0 Å². The molecule has 2 aromatic rings. The van der Waals surface area contributed by atoms with Crippen LogP contribution in [0.15, 0.2) is 18.3 Å². The maximum Gasteiger partial charge on any atom is 0.0535 e. The highest BCUT2D eigenvalue weighted by atomic mass is 32.1. The predicted molar refractivity (Wildman–Crippen MR) is 62.9 cm³/mol. The zero-order chi connectivity index (χ0) is 10.7. The monoisotopic (exact) mass is 221 g/mol. The molecule has 2 N–H and O–H groups in total. The Kier molecular flexibility index (Phi) is 3.18. The first-order valence-corrected chi connectivity index (χ1v) is 5.82. The number of aryl methyl sites for hydroxylation is 2. The highest BCUT2D eigenvalue weighted by Crippen LogP contribution is 2.14. The number of nitrogens with zero attached hydrogens (tertiary/aromatic N) is 1. The molecule has 0 bridgehead atoms. The average Bonchev–Trinajstić information content (AvgIpc) is 2.77. The van der Waals surface area contributed by atoms with Crippen LogP contribution in [-0.4, -0.2) is 10.2 Å². The standard InChI is InChI=1S/C11H15N3S/c1-8-3-4-11(15-8)7-12-5-10-6-13-14-9(10)2/h3-4,6,12H,5,7H2,1-2H3,(H,13,14). The van der Waals surface area contributed by atoms with Crippen LogP contribution < -0.4 is 5.32 Å². The fraction of sp³-hybridized carbons (Fsp3) is 0.364. The summed E-state index contributed by atoms with van der Waals surface area (Å²) in [5.41, 5.74) is 2.38. The van der Waals surface area contributed by atoms with Gasteiger partial charge in [-0.2, -0.15) is 5.10 Å². The number of hydrogen-bond acceptors (Lipinski definition) is 3. The number of thiophene rings is 1. The third kappa shape index (κ3) is 2.67. The van der Waals surface area contributed by atoms with E-state index in [1.807, 2.05) is 24.5 Å². The van der Waals surface area contributed by atoms with Crippen molar-refractivity contribution in [2.24, 2.45) is 0 Å². The first-order valence-electron chi connectivity index (χ1n) is 5.00. The molecule has 0 amide bonds. The highest BCUT2D eigenvalue weighted by molar-refractivity contribution is 7.11. The summed E-state index contributed by atoms with van der Waals surface area (Å²) in [5.74, 6) is 0. The van der Waals surface area contributed by atoms with Gasteiger partial charge in [0.25, 0.3) is 0 Å². The van der Waals surface area contributed by atoms with Gasteiger partial charge in [0.05, 0.1) is 6.20 Å². The largest absolute Gasteiger partial charge is 0.308 e. The second kappa shape index (κ2) is 4.59. The summed E-state index contributed by atoms with van der Waals surface area (Å²) in [6, 6.07) is 4.33. The maximum atomic E-state index is 3.99. The quantitative estimate of drug-likeness (QED) is 0.832. The van der Waals surface area contributed by atoms with Crippen molar-refractivity contribution in [1.82, 2.24) is 15.5 Å². The summed E-state index contributed by atoms with van der Waals surface area (Å²) in [6.07, 6.45) is 1.88. The molecule has 0 aromatic carbocycles. The molecule has 2 heterocycles. The molecule has 0 saturated carbocycles. The summed E-state index contributed by atoms with van der Waals surface area (Å²) >= 11 is 1.84. The molecule has 0 atom stereocenters. The molecule has 0 unspecified atom stereocenters. The van der Waals surface area contributed by atoms with E-state index in [1.165, 1.54) is 15.3 Å². The van der Waals surface area contributed by atoms with E-state index in [2.05, 4.69) is 34.6 Å². The molecule has 0 aliphatic rings. The summed E-state index contributed by atoms with van der Waals surface area (Å²) in [6.45, 7) is 5.98. The lowest BCUT2D eigenvalue weighted by molar-refractivity contribution is 0.698. The van der Waals surface area contributed by atoms with E-state index in [4.69, 9.17) is 0 Å². The topological polar surface area (TPSA) is 40.7 Å². The fourth-order valence-electron chi connectivity index (χ4n) is 1.45. The molecule has 3 nitrogen and oxygen atoms in total. The van der Waals surface area contributed by atoms with Crippen LogP contribution in [0.5, 0.6) is 0 Å². The predicted octanol–water partition coefficient (Wildman–Crippen LogP) is 2.38. The van der Waals surface area contributed by atoms with Crippen molar-refractivity contribution in [2.75, 3.05) is 0 Å². The van der Waals surface area contributed by atoms with Gasteiger partial charge in [0, 0.05) is 34.1 Å². The normalized spacial score (nSPS) is 10.8. The van der Waals surface area contributed by atoms with Crippen molar-refractivity contribution in [3.8, 4) is 0 Å². The Balaban J connectivity index is 1.83. The molecule has 2 aromatic heterocycles. The van der Waals surface area contributed by atoms with E-state index in [0.717, 1.165) is 18.8 Å². The first kappa shape index (κ1) is 10.4. The van der Waals surface area contributed by atoms with Crippen LogP contribution in [0, 0.1) is 13.8 Å². The Bertz CT molecular complexity index is 430. The number of hydrogen-bond donors (Lipinski definition) is 2. The minimum Gasteiger partial charge on any atom is -0.308 e. The highest BCUT2D eigenvalue weighted by Gasteiger charge is 2.00. The third-order valence-electron chi connectivity index (χ3n) is 2.35. The van der Waals surface area contributed by atoms with Crippen molar-refractivity contribution in [1.29, 1.82) is 0 Å². The Morgan fingerprint density at radius 1 is 1.33 bits per heavy atom. The number of aromatic nitrogens is 2. The van der Waals surface area contributed by atoms with Crippen LogP contribution >= 0.6 is 11.3 Å². The van der Waals surface area contributed by atoms with Gasteiger partial charge in [0.2, 0.25) is 0 Å². The van der Waals surface area contributed by atoms with Gasteiger partial charge in [-0.25, -0.2) is 0 Å². The van der Waals surface area contributed by atoms with Crippen LogP contribution in [0.4, 0.5) is 0 Å². The molecule has 0 aliphatic carbocycles. The summed E-state index contributed by atoms with van der Waals surface area (Å²) in [4.78, 5) is 2.75. The average molecular weight is 221 g/mol. The Morgan fingerprint density at radius 3 is 2.80 bits per heavy atom. The van der Waals surface area contributed by atoms with E-state index in [-0.39, 0.29) is 0 Å². The zero-order valence-corrected chi connectivity index (χ0v) is 9.82. The molecule has 2 rings (SSSR count). The molecular weight excluding hydrogens is 206 g/mol. The Labute approximate surface area is 93.5 Å².